The van der Waals surface area contributed by atoms with Crippen LogP contribution in [0.25, 0.3) is 10.9 Å². The lowest BCUT2D eigenvalue weighted by atomic mass is 9.86. The zero-order valence-corrected chi connectivity index (χ0v) is 22.6. The van der Waals surface area contributed by atoms with Crippen molar-refractivity contribution < 1.29 is 9.18 Å². The van der Waals surface area contributed by atoms with E-state index in [2.05, 4.69) is 41.4 Å². The molecule has 0 radical (unpaired) electrons. The molecule has 1 N–H and O–H groups in total. The summed E-state index contributed by atoms with van der Waals surface area (Å²) in [6.07, 6.45) is 11.4. The van der Waals surface area contributed by atoms with E-state index < -0.39 is 5.54 Å². The number of nitrogens with zero attached hydrogens (tertiary/aromatic N) is 4. The first-order chi connectivity index (χ1) is 19.5. The molecule has 0 aliphatic carbocycles. The van der Waals surface area contributed by atoms with Crippen LogP contribution in [0.1, 0.15) is 52.9 Å². The highest BCUT2D eigenvalue weighted by Crippen LogP contribution is 2.38. The number of rotatable bonds is 6. The minimum absolute atomic E-state index is 0.281. The number of anilines is 2. The van der Waals surface area contributed by atoms with Crippen LogP contribution in [-0.2, 0) is 12.0 Å². The van der Waals surface area contributed by atoms with Gasteiger partial charge in [0.1, 0.15) is 11.4 Å². The first kappa shape index (κ1) is 25.9. The Morgan fingerprint density at radius 1 is 0.950 bits per heavy atom. The van der Waals surface area contributed by atoms with E-state index in [1.807, 2.05) is 36.6 Å². The predicted octanol–water partition coefficient (Wildman–Crippen LogP) is 6.79. The van der Waals surface area contributed by atoms with Crippen molar-refractivity contribution in [3.63, 3.8) is 0 Å². The minimum Gasteiger partial charge on any atom is -0.341 e. The van der Waals surface area contributed by atoms with Crippen molar-refractivity contribution in [2.45, 2.75) is 44.6 Å². The number of fused-ring (bicyclic) bond motifs is 1. The van der Waals surface area contributed by atoms with E-state index >= 15 is 0 Å². The van der Waals surface area contributed by atoms with Gasteiger partial charge in [-0.2, -0.15) is 0 Å². The van der Waals surface area contributed by atoms with Gasteiger partial charge < -0.3 is 10.2 Å². The number of hydrogen-bond acceptors (Lipinski definition) is 5. The first-order valence-electron chi connectivity index (χ1n) is 13.9. The zero-order valence-electron chi connectivity index (χ0n) is 22.6. The van der Waals surface area contributed by atoms with Crippen LogP contribution in [0.3, 0.4) is 0 Å². The standard InChI is InChI=1S/C33H32FN5O/c1-23-7-16-29-28(21-23)30(38-32(37-29)39-19-4-2-3-5-20-39)33(17-6-18-35-33)22-24-8-14-27(15-9-24)36-31(40)25-10-12-26(34)13-11-25/h6-18,21H,2-5,19-20,22H2,1H3,(H,36,40). The summed E-state index contributed by atoms with van der Waals surface area (Å²) in [5.74, 6) is 0.127. The number of aromatic nitrogens is 2. The van der Waals surface area contributed by atoms with E-state index in [9.17, 15) is 9.18 Å². The Kier molecular flexibility index (Phi) is 7.11. The molecule has 3 heterocycles. The Morgan fingerprint density at radius 3 is 2.40 bits per heavy atom. The van der Waals surface area contributed by atoms with E-state index in [0.29, 0.717) is 17.7 Å². The highest BCUT2D eigenvalue weighted by Gasteiger charge is 2.35. The van der Waals surface area contributed by atoms with Crippen molar-refractivity contribution in [3.8, 4) is 0 Å². The Hall–Kier alpha value is -4.39. The van der Waals surface area contributed by atoms with Crippen molar-refractivity contribution in [3.05, 3.63) is 107 Å². The average Bonchev–Trinajstić information content (AvgIpc) is 3.26. The smallest absolute Gasteiger partial charge is 0.255 e. The predicted molar refractivity (Wildman–Crippen MR) is 159 cm³/mol. The Balaban J connectivity index is 1.32. The number of benzene rings is 3. The second-order valence-corrected chi connectivity index (χ2v) is 10.7. The second kappa shape index (κ2) is 11.0. The van der Waals surface area contributed by atoms with Gasteiger partial charge in [0.15, 0.2) is 0 Å². The maximum absolute atomic E-state index is 13.2. The molecule has 2 aliphatic rings. The monoisotopic (exact) mass is 533 g/mol. The summed E-state index contributed by atoms with van der Waals surface area (Å²) in [6.45, 7) is 4.02. The molecule has 1 amide bonds. The number of carbonyl (C=O) groups excluding carboxylic acids is 1. The molecular weight excluding hydrogens is 501 g/mol. The molecule has 202 valence electrons. The summed E-state index contributed by atoms with van der Waals surface area (Å²) < 4.78 is 13.2. The number of nitrogens with one attached hydrogen (secondary N) is 1. The number of aryl methyl sites for hydroxylation is 1. The van der Waals surface area contributed by atoms with Crippen molar-refractivity contribution in [1.29, 1.82) is 0 Å². The lowest BCUT2D eigenvalue weighted by Crippen LogP contribution is -2.30. The Bertz CT molecular complexity index is 1570. The summed E-state index contributed by atoms with van der Waals surface area (Å²) in [4.78, 5) is 30.1. The molecule has 6 rings (SSSR count). The van der Waals surface area contributed by atoms with Gasteiger partial charge in [0.2, 0.25) is 5.95 Å². The molecule has 1 fully saturated rings. The van der Waals surface area contributed by atoms with E-state index in [0.717, 1.165) is 59.6 Å². The molecular formula is C33H32FN5O. The van der Waals surface area contributed by atoms with Crippen LogP contribution >= 0.6 is 0 Å². The van der Waals surface area contributed by atoms with Gasteiger partial charge in [-0.1, -0.05) is 36.6 Å². The molecule has 1 saturated heterocycles. The Labute approximate surface area is 233 Å². The molecule has 3 aromatic carbocycles. The fraction of sp³-hybridized carbons (Fsp3) is 0.273. The number of aliphatic imine (C=N–C) groups is 1. The molecule has 40 heavy (non-hydrogen) atoms. The number of halogens is 1. The van der Waals surface area contributed by atoms with Crippen molar-refractivity contribution in [1.82, 2.24) is 9.97 Å². The van der Waals surface area contributed by atoms with Crippen molar-refractivity contribution in [2.75, 3.05) is 23.3 Å². The maximum atomic E-state index is 13.2. The van der Waals surface area contributed by atoms with Gasteiger partial charge in [-0.05, 0) is 86.0 Å². The fourth-order valence-electron chi connectivity index (χ4n) is 5.54. The normalized spacial score (nSPS) is 18.7. The largest absolute Gasteiger partial charge is 0.341 e. The van der Waals surface area contributed by atoms with Crippen molar-refractivity contribution >= 4 is 34.7 Å². The van der Waals surface area contributed by atoms with Gasteiger partial charge in [0, 0.05) is 42.4 Å². The fourth-order valence-corrected chi connectivity index (χ4v) is 5.54. The van der Waals surface area contributed by atoms with E-state index in [-0.39, 0.29) is 11.7 Å². The van der Waals surface area contributed by atoms with Gasteiger partial charge in [-0.25, -0.2) is 14.4 Å². The van der Waals surface area contributed by atoms with Crippen LogP contribution in [0.5, 0.6) is 0 Å². The van der Waals surface area contributed by atoms with Gasteiger partial charge in [0.05, 0.1) is 11.2 Å². The minimum atomic E-state index is -0.658. The molecule has 1 aromatic heterocycles. The molecule has 2 aliphatic heterocycles. The number of hydrogen-bond donors (Lipinski definition) is 1. The molecule has 0 saturated carbocycles. The van der Waals surface area contributed by atoms with Gasteiger partial charge in [-0.3, -0.25) is 9.79 Å². The molecule has 1 atom stereocenters. The van der Waals surface area contributed by atoms with E-state index in [4.69, 9.17) is 15.0 Å². The zero-order chi connectivity index (χ0) is 27.5. The van der Waals surface area contributed by atoms with Gasteiger partial charge in [0.25, 0.3) is 5.91 Å². The summed E-state index contributed by atoms with van der Waals surface area (Å²) >= 11 is 0. The van der Waals surface area contributed by atoms with E-state index in [1.165, 1.54) is 37.1 Å². The van der Waals surface area contributed by atoms with Crippen LogP contribution < -0.4 is 10.2 Å². The summed E-state index contributed by atoms with van der Waals surface area (Å²) in [7, 11) is 0. The van der Waals surface area contributed by atoms with Crippen LogP contribution in [-0.4, -0.2) is 35.2 Å². The highest BCUT2D eigenvalue weighted by atomic mass is 19.1. The third-order valence-corrected chi connectivity index (χ3v) is 7.69. The van der Waals surface area contributed by atoms with Gasteiger partial charge in [-0.15, -0.1) is 0 Å². The van der Waals surface area contributed by atoms with Crippen LogP contribution in [0.4, 0.5) is 16.0 Å². The third-order valence-electron chi connectivity index (χ3n) is 7.69. The molecule has 7 heteroatoms. The number of carbonyl (C=O) groups is 1. The lowest BCUT2D eigenvalue weighted by Gasteiger charge is -2.28. The lowest BCUT2D eigenvalue weighted by molar-refractivity contribution is 0.102. The molecule has 0 spiro atoms. The number of allylic oxidation sites excluding steroid dienone is 1. The number of amides is 1. The average molecular weight is 534 g/mol. The third kappa shape index (κ3) is 5.37. The summed E-state index contributed by atoms with van der Waals surface area (Å²) in [6, 6.07) is 19.7. The van der Waals surface area contributed by atoms with Crippen LogP contribution in [0, 0.1) is 12.7 Å². The summed E-state index contributed by atoms with van der Waals surface area (Å²) in [5.41, 5.74) is 4.49. The SMILES string of the molecule is Cc1ccc2nc(N3CCCCCC3)nc(C3(Cc4ccc(NC(=O)c5ccc(F)cc5)cc4)C=CC=N3)c2c1. The van der Waals surface area contributed by atoms with Crippen LogP contribution in [0.15, 0.2) is 83.9 Å². The first-order valence-corrected chi connectivity index (χ1v) is 13.9. The van der Waals surface area contributed by atoms with Crippen LogP contribution in [0.2, 0.25) is 0 Å². The topological polar surface area (TPSA) is 70.5 Å². The van der Waals surface area contributed by atoms with E-state index in [1.54, 1.807) is 0 Å². The second-order valence-electron chi connectivity index (χ2n) is 10.7. The highest BCUT2D eigenvalue weighted by molar-refractivity contribution is 6.04. The Morgan fingerprint density at radius 2 is 1.70 bits per heavy atom. The molecule has 1 unspecified atom stereocenters. The maximum Gasteiger partial charge on any atom is 0.255 e. The summed E-state index contributed by atoms with van der Waals surface area (Å²) in [5, 5.41) is 3.91. The molecule has 6 nitrogen and oxygen atoms in total. The van der Waals surface area contributed by atoms with Gasteiger partial charge >= 0.3 is 0 Å². The molecule has 0 bridgehead atoms. The van der Waals surface area contributed by atoms with Crippen molar-refractivity contribution in [2.24, 2.45) is 4.99 Å². The molecule has 4 aromatic rings. The quantitative estimate of drug-likeness (QED) is 0.296.